The Balaban J connectivity index is 3.20. The molecule has 0 aliphatic rings. The van der Waals surface area contributed by atoms with Crippen LogP contribution in [-0.2, 0) is 0 Å². The van der Waals surface area contributed by atoms with E-state index >= 15 is 0 Å². The molecule has 0 spiro atoms. The minimum absolute atomic E-state index is 0.206. The summed E-state index contributed by atoms with van der Waals surface area (Å²) in [5.74, 6) is -0.187. The van der Waals surface area contributed by atoms with Gasteiger partial charge in [-0.15, -0.1) is 0 Å². The van der Waals surface area contributed by atoms with Gasteiger partial charge in [0.15, 0.2) is 11.6 Å². The highest BCUT2D eigenvalue weighted by Gasteiger charge is 2.09. The normalized spacial score (nSPS) is 9.77. The number of rotatable bonds is 3. The van der Waals surface area contributed by atoms with E-state index in [9.17, 15) is 4.39 Å². The summed E-state index contributed by atoms with van der Waals surface area (Å²) in [6.45, 7) is 4.01. The highest BCUT2D eigenvalue weighted by atomic mass is 19.1. The van der Waals surface area contributed by atoms with Crippen LogP contribution in [0.1, 0.15) is 5.56 Å². The summed E-state index contributed by atoms with van der Waals surface area (Å²) in [5, 5.41) is 0. The maximum atomic E-state index is 13.1. The molecule has 0 aromatic heterocycles. The molecular weight excluding hydrogens is 169 g/mol. The Morgan fingerprint density at radius 2 is 2.31 bits per heavy atom. The lowest BCUT2D eigenvalue weighted by molar-refractivity contribution is 0.385. The molecule has 13 heavy (non-hydrogen) atoms. The van der Waals surface area contributed by atoms with Crippen molar-refractivity contribution in [3.8, 4) is 5.75 Å². The lowest BCUT2D eigenvalue weighted by atomic mass is 10.1. The number of halogens is 1. The van der Waals surface area contributed by atoms with E-state index in [0.717, 1.165) is 0 Å². The summed E-state index contributed by atoms with van der Waals surface area (Å²) in [6.07, 6.45) is 0. The van der Waals surface area contributed by atoms with Crippen LogP contribution in [0.3, 0.4) is 0 Å². The van der Waals surface area contributed by atoms with E-state index in [4.69, 9.17) is 10.5 Å². The fourth-order valence-electron chi connectivity index (χ4n) is 1.10. The second-order valence-corrected chi connectivity index (χ2v) is 2.63. The monoisotopic (exact) mass is 181 g/mol. The SMILES string of the molecule is C=C(CN)c1cccc(F)c1OC. The first kappa shape index (κ1) is 9.74. The topological polar surface area (TPSA) is 35.2 Å². The second kappa shape index (κ2) is 4.05. The maximum Gasteiger partial charge on any atom is 0.165 e. The quantitative estimate of drug-likeness (QED) is 0.771. The van der Waals surface area contributed by atoms with Crippen LogP contribution in [-0.4, -0.2) is 13.7 Å². The molecule has 0 atom stereocenters. The number of ether oxygens (including phenoxy) is 1. The van der Waals surface area contributed by atoms with Crippen molar-refractivity contribution in [2.75, 3.05) is 13.7 Å². The average Bonchev–Trinajstić information content (AvgIpc) is 2.16. The van der Waals surface area contributed by atoms with E-state index in [2.05, 4.69) is 6.58 Å². The van der Waals surface area contributed by atoms with Crippen LogP contribution >= 0.6 is 0 Å². The highest BCUT2D eigenvalue weighted by molar-refractivity contribution is 5.69. The van der Waals surface area contributed by atoms with Gasteiger partial charge in [-0.1, -0.05) is 18.7 Å². The maximum absolute atomic E-state index is 13.1. The lowest BCUT2D eigenvalue weighted by Gasteiger charge is -2.09. The zero-order valence-corrected chi connectivity index (χ0v) is 7.51. The van der Waals surface area contributed by atoms with Gasteiger partial charge in [0.25, 0.3) is 0 Å². The number of hydrogen-bond acceptors (Lipinski definition) is 2. The van der Waals surface area contributed by atoms with Crippen molar-refractivity contribution in [1.29, 1.82) is 0 Å². The van der Waals surface area contributed by atoms with Gasteiger partial charge in [0.05, 0.1) is 7.11 Å². The number of methoxy groups -OCH3 is 1. The van der Waals surface area contributed by atoms with Crippen LogP contribution in [0.25, 0.3) is 5.57 Å². The zero-order valence-electron chi connectivity index (χ0n) is 7.51. The van der Waals surface area contributed by atoms with E-state index in [1.54, 1.807) is 12.1 Å². The minimum atomic E-state index is -0.394. The Bertz CT molecular complexity index is 323. The Morgan fingerprint density at radius 3 is 2.85 bits per heavy atom. The first-order chi connectivity index (χ1) is 6.20. The van der Waals surface area contributed by atoms with Gasteiger partial charge in [-0.05, 0) is 11.6 Å². The number of benzene rings is 1. The molecule has 1 aromatic rings. The van der Waals surface area contributed by atoms with E-state index in [1.165, 1.54) is 13.2 Å². The van der Waals surface area contributed by atoms with Crippen LogP contribution in [0, 0.1) is 5.82 Å². The van der Waals surface area contributed by atoms with E-state index in [-0.39, 0.29) is 5.75 Å². The molecule has 0 saturated carbocycles. The molecule has 0 heterocycles. The summed E-state index contributed by atoms with van der Waals surface area (Å²) in [6, 6.07) is 4.68. The second-order valence-electron chi connectivity index (χ2n) is 2.63. The number of hydrogen-bond donors (Lipinski definition) is 1. The third-order valence-corrected chi connectivity index (χ3v) is 1.80. The molecule has 0 unspecified atom stereocenters. The Morgan fingerprint density at radius 1 is 1.62 bits per heavy atom. The Hall–Kier alpha value is -1.35. The molecular formula is C10H12FNO. The summed E-state index contributed by atoms with van der Waals surface area (Å²) in [4.78, 5) is 0. The molecule has 0 aliphatic heterocycles. The van der Waals surface area contributed by atoms with Gasteiger partial charge in [-0.3, -0.25) is 0 Å². The standard InChI is InChI=1S/C10H12FNO/c1-7(6-12)8-4-3-5-9(11)10(8)13-2/h3-5H,1,6,12H2,2H3. The van der Waals surface area contributed by atoms with Crippen LogP contribution in [0.5, 0.6) is 5.75 Å². The molecule has 70 valence electrons. The molecule has 2 N–H and O–H groups in total. The van der Waals surface area contributed by atoms with Crippen LogP contribution in [0.2, 0.25) is 0 Å². The fourth-order valence-corrected chi connectivity index (χ4v) is 1.10. The molecule has 2 nitrogen and oxygen atoms in total. The van der Waals surface area contributed by atoms with Gasteiger partial charge in [-0.25, -0.2) is 4.39 Å². The smallest absolute Gasteiger partial charge is 0.165 e. The molecule has 1 rings (SSSR count). The van der Waals surface area contributed by atoms with Crippen LogP contribution in [0.4, 0.5) is 4.39 Å². The van der Waals surface area contributed by atoms with Crippen LogP contribution < -0.4 is 10.5 Å². The molecule has 0 amide bonds. The van der Waals surface area contributed by atoms with Crippen molar-refractivity contribution in [2.24, 2.45) is 5.73 Å². The summed E-state index contributed by atoms with van der Waals surface area (Å²) >= 11 is 0. The van der Waals surface area contributed by atoms with Crippen molar-refractivity contribution in [2.45, 2.75) is 0 Å². The third kappa shape index (κ3) is 1.87. The highest BCUT2D eigenvalue weighted by Crippen LogP contribution is 2.26. The Kier molecular flexibility index (Phi) is 3.03. The third-order valence-electron chi connectivity index (χ3n) is 1.80. The van der Waals surface area contributed by atoms with Gasteiger partial charge in [0, 0.05) is 12.1 Å². The van der Waals surface area contributed by atoms with Crippen molar-refractivity contribution < 1.29 is 9.13 Å². The van der Waals surface area contributed by atoms with Crippen molar-refractivity contribution in [3.63, 3.8) is 0 Å². The molecule has 3 heteroatoms. The molecule has 0 fully saturated rings. The largest absolute Gasteiger partial charge is 0.493 e. The predicted octanol–water partition coefficient (Wildman–Crippen LogP) is 1.81. The molecule has 1 aromatic carbocycles. The first-order valence-electron chi connectivity index (χ1n) is 3.91. The van der Waals surface area contributed by atoms with Gasteiger partial charge in [0.2, 0.25) is 0 Å². The van der Waals surface area contributed by atoms with Gasteiger partial charge in [0.1, 0.15) is 0 Å². The summed E-state index contributed by atoms with van der Waals surface area (Å²) in [7, 11) is 1.42. The summed E-state index contributed by atoms with van der Waals surface area (Å²) < 4.78 is 18.0. The summed E-state index contributed by atoms with van der Waals surface area (Å²) in [5.41, 5.74) is 6.69. The first-order valence-corrected chi connectivity index (χ1v) is 3.91. The van der Waals surface area contributed by atoms with Crippen LogP contribution in [0.15, 0.2) is 24.8 Å². The molecule has 0 aliphatic carbocycles. The van der Waals surface area contributed by atoms with Crippen molar-refractivity contribution >= 4 is 5.57 Å². The fraction of sp³-hybridized carbons (Fsp3) is 0.200. The number of nitrogens with two attached hydrogens (primary N) is 1. The van der Waals surface area contributed by atoms with Gasteiger partial charge >= 0.3 is 0 Å². The lowest BCUT2D eigenvalue weighted by Crippen LogP contribution is -2.03. The van der Waals surface area contributed by atoms with E-state index < -0.39 is 5.82 Å². The van der Waals surface area contributed by atoms with Gasteiger partial charge < -0.3 is 10.5 Å². The number of para-hydroxylation sites is 1. The Labute approximate surface area is 76.8 Å². The van der Waals surface area contributed by atoms with E-state index in [1.807, 2.05) is 0 Å². The van der Waals surface area contributed by atoms with Crippen molar-refractivity contribution in [1.82, 2.24) is 0 Å². The minimum Gasteiger partial charge on any atom is -0.493 e. The predicted molar refractivity (Wildman–Crippen MR) is 51.0 cm³/mol. The zero-order chi connectivity index (χ0) is 9.84. The molecule has 0 radical (unpaired) electrons. The van der Waals surface area contributed by atoms with E-state index in [0.29, 0.717) is 17.7 Å². The molecule has 0 bridgehead atoms. The average molecular weight is 181 g/mol. The van der Waals surface area contributed by atoms with Gasteiger partial charge in [-0.2, -0.15) is 0 Å². The molecule has 0 saturated heterocycles. The van der Waals surface area contributed by atoms with Crippen molar-refractivity contribution in [3.05, 3.63) is 36.2 Å².